The molecule has 0 unspecified atom stereocenters. The van der Waals surface area contributed by atoms with E-state index in [4.69, 9.17) is 0 Å². The normalized spacial score (nSPS) is 11.2. The number of aryl methyl sites for hydroxylation is 3. The van der Waals surface area contributed by atoms with Crippen molar-refractivity contribution in [1.82, 2.24) is 35.2 Å². The molecule has 0 bridgehead atoms. The van der Waals surface area contributed by atoms with Gasteiger partial charge in [0.15, 0.2) is 11.8 Å². The van der Waals surface area contributed by atoms with E-state index in [9.17, 15) is 0 Å². The lowest BCUT2D eigenvalue weighted by atomic mass is 10.1. The van der Waals surface area contributed by atoms with Gasteiger partial charge in [0.1, 0.15) is 6.33 Å². The highest BCUT2D eigenvalue weighted by atomic mass is 127. The van der Waals surface area contributed by atoms with Gasteiger partial charge in [-0.05, 0) is 31.5 Å². The van der Waals surface area contributed by atoms with Gasteiger partial charge in [-0.15, -0.1) is 34.2 Å². The number of para-hydroxylation sites is 1. The van der Waals surface area contributed by atoms with E-state index in [1.54, 1.807) is 13.4 Å². The molecule has 0 saturated heterocycles. The number of guanidine groups is 1. The molecule has 0 aliphatic heterocycles. The van der Waals surface area contributed by atoms with E-state index in [2.05, 4.69) is 56.0 Å². The molecule has 0 radical (unpaired) electrons. The Kier molecular flexibility index (Phi) is 7.34. The molecule has 3 aromatic rings. The molecule has 3 rings (SSSR count). The summed E-state index contributed by atoms with van der Waals surface area (Å²) < 4.78 is 3.85. The zero-order valence-corrected chi connectivity index (χ0v) is 18.3. The van der Waals surface area contributed by atoms with Crippen molar-refractivity contribution in [3.8, 4) is 5.69 Å². The van der Waals surface area contributed by atoms with E-state index < -0.39 is 0 Å². The second-order valence-electron chi connectivity index (χ2n) is 6.11. The molecule has 0 atom stereocenters. The van der Waals surface area contributed by atoms with Crippen molar-refractivity contribution in [2.24, 2.45) is 12.0 Å². The first-order valence-corrected chi connectivity index (χ1v) is 8.47. The molecule has 144 valence electrons. The first kappa shape index (κ1) is 20.9. The van der Waals surface area contributed by atoms with Gasteiger partial charge in [0, 0.05) is 26.3 Å². The van der Waals surface area contributed by atoms with Gasteiger partial charge < -0.3 is 15.2 Å². The number of hydrogen-bond donors (Lipinski definition) is 2. The van der Waals surface area contributed by atoms with Crippen molar-refractivity contribution in [3.63, 3.8) is 0 Å². The summed E-state index contributed by atoms with van der Waals surface area (Å²) in [4.78, 5) is 4.27. The fraction of sp³-hybridized carbons (Fsp3) is 0.333. The van der Waals surface area contributed by atoms with E-state index in [-0.39, 0.29) is 24.0 Å². The van der Waals surface area contributed by atoms with Gasteiger partial charge in [-0.2, -0.15) is 5.10 Å². The van der Waals surface area contributed by atoms with Crippen LogP contribution in [-0.4, -0.2) is 37.6 Å². The second-order valence-corrected chi connectivity index (χ2v) is 6.11. The highest BCUT2D eigenvalue weighted by Crippen LogP contribution is 2.16. The number of nitrogens with one attached hydrogen (secondary N) is 2. The smallest absolute Gasteiger partial charge is 0.191 e. The fourth-order valence-electron chi connectivity index (χ4n) is 2.77. The average Bonchev–Trinajstić information content (AvgIpc) is 3.20. The van der Waals surface area contributed by atoms with Crippen molar-refractivity contribution >= 4 is 29.9 Å². The van der Waals surface area contributed by atoms with E-state index in [0.717, 1.165) is 28.5 Å². The number of hydrogen-bond acceptors (Lipinski definition) is 4. The number of rotatable bonds is 5. The van der Waals surface area contributed by atoms with E-state index in [1.165, 1.54) is 0 Å². The molecule has 27 heavy (non-hydrogen) atoms. The van der Waals surface area contributed by atoms with Crippen LogP contribution in [0.5, 0.6) is 0 Å². The lowest BCUT2D eigenvalue weighted by molar-refractivity contribution is 0.723. The van der Waals surface area contributed by atoms with Crippen LogP contribution >= 0.6 is 24.0 Å². The van der Waals surface area contributed by atoms with Crippen LogP contribution in [0.1, 0.15) is 22.8 Å². The SMILES string of the molecule is CN=C(NCc1ccccc1-n1nc(C)cc1C)NCc1nncn1C.I. The van der Waals surface area contributed by atoms with Crippen molar-refractivity contribution in [2.75, 3.05) is 7.05 Å². The topological polar surface area (TPSA) is 84.9 Å². The summed E-state index contributed by atoms with van der Waals surface area (Å²) in [6, 6.07) is 10.3. The van der Waals surface area contributed by atoms with Gasteiger partial charge in [0.2, 0.25) is 0 Å². The number of aliphatic imine (C=N–C) groups is 1. The van der Waals surface area contributed by atoms with Crippen molar-refractivity contribution in [2.45, 2.75) is 26.9 Å². The van der Waals surface area contributed by atoms with Gasteiger partial charge >= 0.3 is 0 Å². The summed E-state index contributed by atoms with van der Waals surface area (Å²) in [5, 5.41) is 19.1. The molecular formula is C18H25IN8. The molecular weight excluding hydrogens is 455 g/mol. The minimum Gasteiger partial charge on any atom is -0.352 e. The molecule has 1 aromatic carbocycles. The summed E-state index contributed by atoms with van der Waals surface area (Å²) in [7, 11) is 3.66. The average molecular weight is 480 g/mol. The third-order valence-corrected chi connectivity index (χ3v) is 4.12. The molecule has 0 amide bonds. The molecule has 8 nitrogen and oxygen atoms in total. The fourth-order valence-corrected chi connectivity index (χ4v) is 2.77. The van der Waals surface area contributed by atoms with Gasteiger partial charge in [0.05, 0.1) is 17.9 Å². The summed E-state index contributed by atoms with van der Waals surface area (Å²) in [5.74, 6) is 1.55. The third-order valence-electron chi connectivity index (χ3n) is 4.12. The van der Waals surface area contributed by atoms with Gasteiger partial charge in [-0.1, -0.05) is 18.2 Å². The van der Waals surface area contributed by atoms with Crippen LogP contribution < -0.4 is 10.6 Å². The number of aromatic nitrogens is 5. The third kappa shape index (κ3) is 5.06. The quantitative estimate of drug-likeness (QED) is 0.332. The molecule has 9 heteroatoms. The van der Waals surface area contributed by atoms with Crippen molar-refractivity contribution in [1.29, 1.82) is 0 Å². The van der Waals surface area contributed by atoms with Gasteiger partial charge in [-0.25, -0.2) is 4.68 Å². The Morgan fingerprint density at radius 2 is 1.89 bits per heavy atom. The van der Waals surface area contributed by atoms with Gasteiger partial charge in [-0.3, -0.25) is 4.99 Å². The zero-order valence-electron chi connectivity index (χ0n) is 16.0. The molecule has 2 heterocycles. The maximum Gasteiger partial charge on any atom is 0.191 e. The molecule has 2 N–H and O–H groups in total. The van der Waals surface area contributed by atoms with Crippen LogP contribution in [0.3, 0.4) is 0 Å². The first-order valence-electron chi connectivity index (χ1n) is 8.47. The predicted octanol–water partition coefficient (Wildman–Crippen LogP) is 2.10. The Bertz CT molecular complexity index is 912. The molecule has 0 saturated carbocycles. The number of benzene rings is 1. The molecule has 0 aliphatic carbocycles. The minimum absolute atomic E-state index is 0. The highest BCUT2D eigenvalue weighted by molar-refractivity contribution is 14.0. The van der Waals surface area contributed by atoms with Crippen LogP contribution in [-0.2, 0) is 20.1 Å². The van der Waals surface area contributed by atoms with E-state index in [0.29, 0.717) is 19.0 Å². The predicted molar refractivity (Wildman–Crippen MR) is 116 cm³/mol. The summed E-state index contributed by atoms with van der Waals surface area (Å²) in [5.41, 5.74) is 4.32. The number of nitrogens with zero attached hydrogens (tertiary/aromatic N) is 6. The Morgan fingerprint density at radius 1 is 1.15 bits per heavy atom. The minimum atomic E-state index is 0. The van der Waals surface area contributed by atoms with E-state index >= 15 is 0 Å². The van der Waals surface area contributed by atoms with E-state index in [1.807, 2.05) is 35.4 Å². The zero-order chi connectivity index (χ0) is 18.5. The van der Waals surface area contributed by atoms with Crippen LogP contribution in [0.2, 0.25) is 0 Å². The van der Waals surface area contributed by atoms with Crippen molar-refractivity contribution < 1.29 is 0 Å². The highest BCUT2D eigenvalue weighted by Gasteiger charge is 2.09. The lowest BCUT2D eigenvalue weighted by Crippen LogP contribution is -2.37. The summed E-state index contributed by atoms with van der Waals surface area (Å²) in [6.07, 6.45) is 1.68. The lowest BCUT2D eigenvalue weighted by Gasteiger charge is -2.15. The summed E-state index contributed by atoms with van der Waals surface area (Å²) >= 11 is 0. The Morgan fingerprint density at radius 3 is 2.52 bits per heavy atom. The molecule has 2 aromatic heterocycles. The monoisotopic (exact) mass is 480 g/mol. The first-order chi connectivity index (χ1) is 12.6. The largest absolute Gasteiger partial charge is 0.352 e. The Hall–Kier alpha value is -2.43. The Balaban J connectivity index is 0.00000261. The van der Waals surface area contributed by atoms with Crippen LogP contribution in [0.4, 0.5) is 0 Å². The number of halogens is 1. The van der Waals surface area contributed by atoms with Crippen LogP contribution in [0, 0.1) is 13.8 Å². The molecule has 0 fully saturated rings. The van der Waals surface area contributed by atoms with Crippen LogP contribution in [0.15, 0.2) is 41.7 Å². The maximum atomic E-state index is 4.59. The molecule has 0 aliphatic rings. The maximum absolute atomic E-state index is 4.59. The van der Waals surface area contributed by atoms with Crippen LogP contribution in [0.25, 0.3) is 5.69 Å². The Labute approximate surface area is 176 Å². The second kappa shape index (κ2) is 9.49. The van der Waals surface area contributed by atoms with Crippen molar-refractivity contribution in [3.05, 3.63) is 59.4 Å². The van der Waals surface area contributed by atoms with Gasteiger partial charge in [0.25, 0.3) is 0 Å². The molecule has 0 spiro atoms. The summed E-state index contributed by atoms with van der Waals surface area (Å²) in [6.45, 7) is 5.25. The standard InChI is InChI=1S/C18H24N8.HI/c1-13-9-14(2)26(24-13)16-8-6-5-7-15(16)10-20-18(19-3)21-11-17-23-22-12-25(17)4;/h5-9,12H,10-11H2,1-4H3,(H2,19,20,21);1H.